The second-order valence-corrected chi connectivity index (χ2v) is 5.89. The van der Waals surface area contributed by atoms with Gasteiger partial charge in [0.2, 0.25) is 0 Å². The maximum atomic E-state index is 11.8. The van der Waals surface area contributed by atoms with E-state index in [4.69, 9.17) is 9.72 Å². The summed E-state index contributed by atoms with van der Waals surface area (Å²) in [7, 11) is 3.47. The first kappa shape index (κ1) is 14.5. The molecule has 0 radical (unpaired) electrons. The van der Waals surface area contributed by atoms with Crippen molar-refractivity contribution in [3.8, 4) is 17.0 Å². The molecule has 112 valence electrons. The fraction of sp³-hybridized carbons (Fsp3) is 0.176. The summed E-state index contributed by atoms with van der Waals surface area (Å²) in [5, 5.41) is 4.08. The second kappa shape index (κ2) is 5.77. The van der Waals surface area contributed by atoms with Crippen LogP contribution >= 0.6 is 11.3 Å². The normalized spacial score (nSPS) is 10.7. The van der Waals surface area contributed by atoms with Gasteiger partial charge in [0.25, 0.3) is 0 Å². The molecule has 0 saturated heterocycles. The summed E-state index contributed by atoms with van der Waals surface area (Å²) in [6.07, 6.45) is 0. The van der Waals surface area contributed by atoms with E-state index in [1.54, 1.807) is 14.0 Å². The summed E-state index contributed by atoms with van der Waals surface area (Å²) >= 11 is 1.42. The monoisotopic (exact) mass is 312 g/mol. The minimum Gasteiger partial charge on any atom is -0.497 e. The van der Waals surface area contributed by atoms with E-state index in [1.807, 2.05) is 43.4 Å². The quantitative estimate of drug-likeness (QED) is 0.733. The molecule has 0 amide bonds. The zero-order valence-electron chi connectivity index (χ0n) is 12.6. The van der Waals surface area contributed by atoms with Crippen LogP contribution in [0.4, 0.5) is 5.69 Å². The number of thiophene rings is 1. The highest BCUT2D eigenvalue weighted by Gasteiger charge is 2.16. The fourth-order valence-electron chi connectivity index (χ4n) is 2.42. The highest BCUT2D eigenvalue weighted by Crippen LogP contribution is 2.36. The zero-order chi connectivity index (χ0) is 15.7. The Labute approximate surface area is 132 Å². The molecule has 0 aliphatic carbocycles. The molecule has 2 heterocycles. The van der Waals surface area contributed by atoms with Crippen LogP contribution in [0.5, 0.6) is 5.75 Å². The van der Waals surface area contributed by atoms with Crippen LogP contribution in [0.2, 0.25) is 0 Å². The van der Waals surface area contributed by atoms with Gasteiger partial charge in [0.15, 0.2) is 5.78 Å². The summed E-state index contributed by atoms with van der Waals surface area (Å²) in [6.45, 7) is 1.58. The summed E-state index contributed by atoms with van der Waals surface area (Å²) in [5.41, 5.74) is 2.72. The number of pyridine rings is 1. The van der Waals surface area contributed by atoms with Crippen molar-refractivity contribution in [2.75, 3.05) is 19.5 Å². The van der Waals surface area contributed by atoms with E-state index in [0.29, 0.717) is 4.88 Å². The molecular weight excluding hydrogens is 296 g/mol. The Kier molecular flexibility index (Phi) is 3.81. The number of anilines is 1. The lowest BCUT2D eigenvalue weighted by molar-refractivity contribution is 0.102. The van der Waals surface area contributed by atoms with Crippen molar-refractivity contribution >= 4 is 33.0 Å². The van der Waals surface area contributed by atoms with Gasteiger partial charge in [-0.2, -0.15) is 0 Å². The summed E-state index contributed by atoms with van der Waals surface area (Å²) in [4.78, 5) is 18.0. The molecule has 0 spiro atoms. The van der Waals surface area contributed by atoms with Crippen molar-refractivity contribution < 1.29 is 9.53 Å². The molecule has 0 fully saturated rings. The Morgan fingerprint density at radius 1 is 1.27 bits per heavy atom. The lowest BCUT2D eigenvalue weighted by Crippen LogP contribution is -1.95. The molecule has 22 heavy (non-hydrogen) atoms. The van der Waals surface area contributed by atoms with E-state index in [-0.39, 0.29) is 5.78 Å². The molecule has 0 unspecified atom stereocenters. The maximum Gasteiger partial charge on any atom is 0.171 e. The number of ketones is 1. The average molecular weight is 312 g/mol. The van der Waals surface area contributed by atoms with Crippen molar-refractivity contribution in [1.82, 2.24) is 4.98 Å². The van der Waals surface area contributed by atoms with Gasteiger partial charge < -0.3 is 10.1 Å². The number of hydrogen-bond acceptors (Lipinski definition) is 5. The van der Waals surface area contributed by atoms with E-state index < -0.39 is 0 Å². The topological polar surface area (TPSA) is 51.2 Å². The van der Waals surface area contributed by atoms with E-state index in [9.17, 15) is 4.79 Å². The predicted octanol–water partition coefficient (Wildman–Crippen LogP) is 4.22. The third kappa shape index (κ3) is 2.44. The molecule has 0 saturated carbocycles. The van der Waals surface area contributed by atoms with Crippen LogP contribution in [-0.2, 0) is 0 Å². The maximum absolute atomic E-state index is 11.8. The Morgan fingerprint density at radius 3 is 2.77 bits per heavy atom. The van der Waals surface area contributed by atoms with Gasteiger partial charge in [-0.05, 0) is 24.3 Å². The molecule has 0 atom stereocenters. The van der Waals surface area contributed by atoms with Crippen LogP contribution < -0.4 is 10.1 Å². The van der Waals surface area contributed by atoms with E-state index >= 15 is 0 Å². The Balaban J connectivity index is 2.15. The standard InChI is InChI=1S/C17H16N2O2S/c1-10(20)16-15(18-2)13-7-8-14(19-17(13)22-16)11-5-4-6-12(9-11)21-3/h4-9,18H,1-3H3. The Morgan fingerprint density at radius 2 is 2.09 bits per heavy atom. The minimum atomic E-state index is 0.0512. The third-order valence-corrected chi connectivity index (χ3v) is 4.69. The Bertz CT molecular complexity index is 855. The summed E-state index contributed by atoms with van der Waals surface area (Å²) in [6, 6.07) is 11.8. The van der Waals surface area contributed by atoms with Crippen molar-refractivity contribution in [3.63, 3.8) is 0 Å². The highest BCUT2D eigenvalue weighted by molar-refractivity contribution is 7.21. The van der Waals surface area contributed by atoms with Crippen LogP contribution in [0.1, 0.15) is 16.6 Å². The number of carbonyl (C=O) groups is 1. The summed E-state index contributed by atoms with van der Waals surface area (Å²) < 4.78 is 5.26. The van der Waals surface area contributed by atoms with Gasteiger partial charge in [-0.3, -0.25) is 4.79 Å². The van der Waals surface area contributed by atoms with Crippen molar-refractivity contribution in [2.24, 2.45) is 0 Å². The number of hydrogen-bond donors (Lipinski definition) is 1. The van der Waals surface area contributed by atoms with Gasteiger partial charge in [-0.1, -0.05) is 12.1 Å². The largest absolute Gasteiger partial charge is 0.497 e. The Hall–Kier alpha value is -2.40. The van der Waals surface area contributed by atoms with Gasteiger partial charge in [0, 0.05) is 24.9 Å². The molecule has 1 N–H and O–H groups in total. The van der Waals surface area contributed by atoms with Gasteiger partial charge in [0.05, 0.1) is 23.4 Å². The SMILES string of the molecule is CNc1c(C(C)=O)sc2nc(-c3cccc(OC)c3)ccc12. The molecule has 4 nitrogen and oxygen atoms in total. The molecular formula is C17H16N2O2S. The van der Waals surface area contributed by atoms with E-state index in [1.165, 1.54) is 11.3 Å². The number of fused-ring (bicyclic) bond motifs is 1. The number of nitrogens with zero attached hydrogens (tertiary/aromatic N) is 1. The second-order valence-electron chi connectivity index (χ2n) is 4.89. The number of aromatic nitrogens is 1. The first-order valence-corrected chi connectivity index (χ1v) is 7.72. The van der Waals surface area contributed by atoms with Crippen LogP contribution in [0.15, 0.2) is 36.4 Å². The molecule has 5 heteroatoms. The highest BCUT2D eigenvalue weighted by atomic mass is 32.1. The molecule has 0 aliphatic rings. The number of nitrogens with one attached hydrogen (secondary N) is 1. The molecule has 2 aromatic heterocycles. The number of Topliss-reactive ketones (excluding diaryl/α,β-unsaturated/α-hetero) is 1. The zero-order valence-corrected chi connectivity index (χ0v) is 13.5. The van der Waals surface area contributed by atoms with Crippen LogP contribution in [-0.4, -0.2) is 24.9 Å². The number of carbonyl (C=O) groups excluding carboxylic acids is 1. The van der Waals surface area contributed by atoms with Crippen molar-refractivity contribution in [3.05, 3.63) is 41.3 Å². The van der Waals surface area contributed by atoms with Crippen LogP contribution in [0.3, 0.4) is 0 Å². The van der Waals surface area contributed by atoms with Gasteiger partial charge in [0.1, 0.15) is 10.6 Å². The minimum absolute atomic E-state index is 0.0512. The molecule has 1 aromatic carbocycles. The van der Waals surface area contributed by atoms with Crippen molar-refractivity contribution in [2.45, 2.75) is 6.92 Å². The van der Waals surface area contributed by atoms with Gasteiger partial charge >= 0.3 is 0 Å². The molecule has 3 rings (SSSR count). The van der Waals surface area contributed by atoms with Crippen LogP contribution in [0, 0.1) is 0 Å². The smallest absolute Gasteiger partial charge is 0.171 e. The lowest BCUT2D eigenvalue weighted by Gasteiger charge is -2.04. The van der Waals surface area contributed by atoms with Crippen LogP contribution in [0.25, 0.3) is 21.5 Å². The van der Waals surface area contributed by atoms with E-state index in [2.05, 4.69) is 5.32 Å². The van der Waals surface area contributed by atoms with Gasteiger partial charge in [-0.25, -0.2) is 4.98 Å². The number of benzene rings is 1. The first-order chi connectivity index (χ1) is 10.6. The third-order valence-electron chi connectivity index (χ3n) is 3.49. The van der Waals surface area contributed by atoms with Crippen molar-refractivity contribution in [1.29, 1.82) is 0 Å². The lowest BCUT2D eigenvalue weighted by atomic mass is 10.1. The first-order valence-electron chi connectivity index (χ1n) is 6.90. The average Bonchev–Trinajstić information content (AvgIpc) is 2.92. The number of ether oxygens (including phenoxy) is 1. The fourth-order valence-corrected chi connectivity index (χ4v) is 3.49. The number of methoxy groups -OCH3 is 1. The molecule has 3 aromatic rings. The van der Waals surface area contributed by atoms with E-state index in [0.717, 1.165) is 32.9 Å². The predicted molar refractivity (Wildman–Crippen MR) is 91.2 cm³/mol. The van der Waals surface area contributed by atoms with Gasteiger partial charge in [-0.15, -0.1) is 11.3 Å². The number of rotatable bonds is 4. The summed E-state index contributed by atoms with van der Waals surface area (Å²) in [5.74, 6) is 0.848. The molecule has 0 aliphatic heterocycles. The molecule has 0 bridgehead atoms.